The van der Waals surface area contributed by atoms with Gasteiger partial charge < -0.3 is 38.8 Å². The normalized spacial score (nSPS) is 23.5. The number of carbonyl (C=O) groups excluding carboxylic acids is 3. The summed E-state index contributed by atoms with van der Waals surface area (Å²) in [7, 11) is 0. The Balaban J connectivity index is 1.22. The molecule has 224 valence electrons. The monoisotopic (exact) mass is 579 g/mol. The number of benzene rings is 2. The van der Waals surface area contributed by atoms with Gasteiger partial charge >= 0.3 is 0 Å². The first-order chi connectivity index (χ1) is 20.5. The summed E-state index contributed by atoms with van der Waals surface area (Å²) < 4.78 is 28.8. The van der Waals surface area contributed by atoms with Crippen molar-refractivity contribution in [2.24, 2.45) is 5.41 Å². The van der Waals surface area contributed by atoms with Crippen LogP contribution < -0.4 is 24.3 Å². The fourth-order valence-electron chi connectivity index (χ4n) is 6.29. The highest BCUT2D eigenvalue weighted by Crippen LogP contribution is 2.52. The maximum atomic E-state index is 13.5. The molecule has 2 aromatic rings. The maximum Gasteiger partial charge on any atom is 0.253 e. The van der Waals surface area contributed by atoms with Crippen molar-refractivity contribution in [2.75, 3.05) is 65.9 Å². The Labute approximate surface area is 245 Å². The van der Waals surface area contributed by atoms with E-state index in [-0.39, 0.29) is 43.5 Å². The van der Waals surface area contributed by atoms with Crippen LogP contribution >= 0.6 is 0 Å². The Morgan fingerprint density at radius 2 is 1.88 bits per heavy atom. The van der Waals surface area contributed by atoms with Gasteiger partial charge in [-0.2, -0.15) is 0 Å². The second-order valence-corrected chi connectivity index (χ2v) is 11.2. The smallest absolute Gasteiger partial charge is 0.253 e. The number of para-hydroxylation sites is 1. The van der Waals surface area contributed by atoms with Crippen molar-refractivity contribution >= 4 is 17.7 Å². The summed E-state index contributed by atoms with van der Waals surface area (Å²) >= 11 is 0. The van der Waals surface area contributed by atoms with Gasteiger partial charge in [-0.25, -0.2) is 0 Å². The fraction of sp³-hybridized carbons (Fsp3) is 0.516. The molecule has 5 aliphatic heterocycles. The third-order valence-electron chi connectivity index (χ3n) is 8.53. The molecule has 1 fully saturated rings. The van der Waals surface area contributed by atoms with Crippen molar-refractivity contribution in [1.29, 1.82) is 0 Å². The Morgan fingerprint density at radius 3 is 2.76 bits per heavy atom. The van der Waals surface area contributed by atoms with Gasteiger partial charge in [0.1, 0.15) is 6.61 Å². The van der Waals surface area contributed by atoms with Gasteiger partial charge in [-0.15, -0.1) is 0 Å². The van der Waals surface area contributed by atoms with E-state index >= 15 is 0 Å². The number of nitrogens with one attached hydrogen (secondary N) is 1. The van der Waals surface area contributed by atoms with Crippen LogP contribution in [0.3, 0.4) is 0 Å². The zero-order valence-corrected chi connectivity index (χ0v) is 23.9. The average molecular weight is 580 g/mol. The van der Waals surface area contributed by atoms with E-state index in [1.165, 1.54) is 0 Å². The molecule has 0 aliphatic carbocycles. The molecule has 5 heterocycles. The van der Waals surface area contributed by atoms with Crippen molar-refractivity contribution in [3.8, 4) is 23.0 Å². The van der Waals surface area contributed by atoms with Crippen molar-refractivity contribution in [3.63, 3.8) is 0 Å². The number of nitrogens with zero attached hydrogens (tertiary/aromatic N) is 2. The topological polar surface area (TPSA) is 116 Å². The quantitative estimate of drug-likeness (QED) is 0.588. The largest absolute Gasteiger partial charge is 0.490 e. The van der Waals surface area contributed by atoms with Gasteiger partial charge in [0.2, 0.25) is 18.6 Å². The number of hydrogen-bond donors (Lipinski definition) is 1. The van der Waals surface area contributed by atoms with E-state index in [9.17, 15) is 14.4 Å². The molecule has 1 spiro atoms. The van der Waals surface area contributed by atoms with Crippen LogP contribution in [0.1, 0.15) is 48.0 Å². The highest BCUT2D eigenvalue weighted by Gasteiger charge is 2.53. The van der Waals surface area contributed by atoms with Crippen LogP contribution in [0, 0.1) is 5.41 Å². The summed E-state index contributed by atoms with van der Waals surface area (Å²) in [6.07, 6.45) is 1.38. The van der Waals surface area contributed by atoms with Crippen LogP contribution in [0.4, 0.5) is 0 Å². The molecule has 4 bridgehead atoms. The molecule has 1 N–H and O–H groups in total. The van der Waals surface area contributed by atoms with Crippen LogP contribution in [-0.4, -0.2) is 93.5 Å². The summed E-state index contributed by atoms with van der Waals surface area (Å²) in [6, 6.07) is 11.0. The van der Waals surface area contributed by atoms with E-state index in [1.807, 2.05) is 30.0 Å². The third kappa shape index (κ3) is 5.57. The molecule has 0 radical (unpaired) electrons. The van der Waals surface area contributed by atoms with Crippen LogP contribution in [0.5, 0.6) is 23.0 Å². The Kier molecular flexibility index (Phi) is 8.10. The second kappa shape index (κ2) is 12.1. The highest BCUT2D eigenvalue weighted by molar-refractivity contribution is 5.95. The Hall–Kier alpha value is -3.99. The van der Waals surface area contributed by atoms with Crippen LogP contribution in [0.25, 0.3) is 0 Å². The number of likely N-dealkylation sites (tertiary alicyclic amines) is 1. The first-order valence-corrected chi connectivity index (χ1v) is 14.7. The summed E-state index contributed by atoms with van der Waals surface area (Å²) in [5, 5.41) is 3.12. The van der Waals surface area contributed by atoms with E-state index in [1.54, 1.807) is 23.1 Å². The average Bonchev–Trinajstić information content (AvgIpc) is 3.64. The predicted molar refractivity (Wildman–Crippen MR) is 151 cm³/mol. The molecule has 42 heavy (non-hydrogen) atoms. The van der Waals surface area contributed by atoms with Gasteiger partial charge in [0, 0.05) is 68.2 Å². The molecule has 5 aliphatic rings. The van der Waals surface area contributed by atoms with E-state index in [4.69, 9.17) is 23.7 Å². The summed E-state index contributed by atoms with van der Waals surface area (Å²) in [5.74, 6) is 2.20. The molecule has 3 amide bonds. The SMILES string of the molecule is CCOCC(=O)N1C[C@H]2c3cccc4c3OC[C@@]2(CNC(=O)CCCN(C(=O)c2ccc3c(c2)OCO3)CCCO4)C1. The minimum Gasteiger partial charge on any atom is -0.490 e. The van der Waals surface area contributed by atoms with E-state index < -0.39 is 5.41 Å². The standard InChI is InChI=1S/C31H37N3O8/c1-2-38-16-28(36)34-15-23-22-6-3-7-25-29(22)40-19-31(23,18-34)17-32-27(35)8-4-11-33(12-5-13-39-25)30(37)21-9-10-24-26(14-21)42-20-41-24/h3,6-7,9-10,14,23H,2,4-5,8,11-13,15-20H2,1H3,(H,32,35)/t23-,31+/m0/s1. The molecule has 0 aromatic heterocycles. The number of amides is 3. The predicted octanol–water partition coefficient (Wildman–Crippen LogP) is 2.58. The molecular weight excluding hydrogens is 542 g/mol. The molecule has 7 rings (SSSR count). The van der Waals surface area contributed by atoms with E-state index in [2.05, 4.69) is 5.32 Å². The van der Waals surface area contributed by atoms with Gasteiger partial charge in [0.15, 0.2) is 23.0 Å². The highest BCUT2D eigenvalue weighted by atomic mass is 16.7. The van der Waals surface area contributed by atoms with Crippen molar-refractivity contribution in [2.45, 2.75) is 32.1 Å². The van der Waals surface area contributed by atoms with E-state index in [0.29, 0.717) is 93.9 Å². The second-order valence-electron chi connectivity index (χ2n) is 11.2. The number of fused-ring (bicyclic) bond motifs is 12. The maximum absolute atomic E-state index is 13.5. The zero-order valence-electron chi connectivity index (χ0n) is 23.9. The molecule has 2 atom stereocenters. The minimum atomic E-state index is -0.471. The number of ether oxygens (including phenoxy) is 5. The van der Waals surface area contributed by atoms with E-state index in [0.717, 1.165) is 5.56 Å². The number of rotatable bonds is 4. The Bertz CT molecular complexity index is 1350. The fourth-order valence-corrected chi connectivity index (χ4v) is 6.29. The summed E-state index contributed by atoms with van der Waals surface area (Å²) in [6.45, 7) is 5.51. The lowest BCUT2D eigenvalue weighted by Gasteiger charge is -2.40. The van der Waals surface area contributed by atoms with Crippen molar-refractivity contribution in [3.05, 3.63) is 47.5 Å². The summed E-state index contributed by atoms with van der Waals surface area (Å²) in [5.41, 5.74) is 1.02. The molecule has 2 aromatic carbocycles. The number of hydrogen-bond acceptors (Lipinski definition) is 8. The molecule has 1 saturated heterocycles. The van der Waals surface area contributed by atoms with Crippen LogP contribution in [0.15, 0.2) is 36.4 Å². The lowest BCUT2D eigenvalue weighted by atomic mass is 9.73. The Morgan fingerprint density at radius 1 is 1.02 bits per heavy atom. The van der Waals surface area contributed by atoms with Crippen molar-refractivity contribution in [1.82, 2.24) is 15.1 Å². The van der Waals surface area contributed by atoms with Crippen LogP contribution in [-0.2, 0) is 14.3 Å². The third-order valence-corrected chi connectivity index (χ3v) is 8.53. The van der Waals surface area contributed by atoms with Gasteiger partial charge in [-0.3, -0.25) is 14.4 Å². The summed E-state index contributed by atoms with van der Waals surface area (Å²) in [4.78, 5) is 43.0. The number of carbonyl (C=O) groups is 3. The van der Waals surface area contributed by atoms with Crippen LogP contribution in [0.2, 0.25) is 0 Å². The molecule has 11 nitrogen and oxygen atoms in total. The molecule has 0 saturated carbocycles. The first-order valence-electron chi connectivity index (χ1n) is 14.7. The van der Waals surface area contributed by atoms with Gasteiger partial charge in [0.25, 0.3) is 5.91 Å². The molecular formula is C31H37N3O8. The van der Waals surface area contributed by atoms with Crippen molar-refractivity contribution < 1.29 is 38.1 Å². The molecule has 0 unspecified atom stereocenters. The van der Waals surface area contributed by atoms with Gasteiger partial charge in [0.05, 0.1) is 13.2 Å². The van der Waals surface area contributed by atoms with Gasteiger partial charge in [-0.1, -0.05) is 12.1 Å². The lowest BCUT2D eigenvalue weighted by Crippen LogP contribution is -2.48. The molecule has 11 heteroatoms. The first kappa shape index (κ1) is 28.1. The zero-order chi connectivity index (χ0) is 29.1. The minimum absolute atomic E-state index is 0.0154. The van der Waals surface area contributed by atoms with Gasteiger partial charge in [-0.05, 0) is 44.0 Å². The lowest BCUT2D eigenvalue weighted by molar-refractivity contribution is -0.135.